The van der Waals surface area contributed by atoms with Gasteiger partial charge in [-0.1, -0.05) is 6.07 Å². The molecule has 2 N–H and O–H groups in total. The minimum atomic E-state index is -0.931. The fourth-order valence-corrected chi connectivity index (χ4v) is 2.78. The molecule has 1 fully saturated rings. The molecule has 0 bridgehead atoms. The van der Waals surface area contributed by atoms with Crippen molar-refractivity contribution in [2.45, 2.75) is 26.1 Å². The Morgan fingerprint density at radius 2 is 2.25 bits per heavy atom. The van der Waals surface area contributed by atoms with Gasteiger partial charge >= 0.3 is 0 Å². The van der Waals surface area contributed by atoms with Crippen molar-refractivity contribution in [3.63, 3.8) is 0 Å². The molecule has 6 heteroatoms. The van der Waals surface area contributed by atoms with Crippen LogP contribution in [0.1, 0.15) is 28.0 Å². The highest BCUT2D eigenvalue weighted by Gasteiger charge is 2.26. The van der Waals surface area contributed by atoms with Gasteiger partial charge in [0.2, 0.25) is 5.88 Å². The summed E-state index contributed by atoms with van der Waals surface area (Å²) in [6.07, 6.45) is -0.531. The lowest BCUT2D eigenvalue weighted by atomic mass is 10.2. The van der Waals surface area contributed by atoms with Gasteiger partial charge in [-0.05, 0) is 43.2 Å². The first-order valence-corrected chi connectivity index (χ1v) is 7.94. The number of hydrogen-bond donors (Lipinski definition) is 1. The molecule has 1 atom stereocenters. The van der Waals surface area contributed by atoms with Crippen LogP contribution in [0.5, 0.6) is 11.6 Å². The molecule has 0 radical (unpaired) electrons. The normalized spacial score (nSPS) is 17.1. The highest BCUT2D eigenvalue weighted by Crippen LogP contribution is 2.24. The van der Waals surface area contributed by atoms with Crippen molar-refractivity contribution in [1.82, 2.24) is 9.88 Å². The van der Waals surface area contributed by atoms with Crippen LogP contribution >= 0.6 is 0 Å². The number of benzene rings is 1. The predicted molar refractivity (Wildman–Crippen MR) is 88.8 cm³/mol. The topological polar surface area (TPSA) is 68.5 Å². The summed E-state index contributed by atoms with van der Waals surface area (Å²) >= 11 is 0. The largest absolute Gasteiger partial charge is 0.439 e. The van der Waals surface area contributed by atoms with E-state index in [2.05, 4.69) is 4.98 Å². The molecule has 5 nitrogen and oxygen atoms in total. The van der Waals surface area contributed by atoms with Gasteiger partial charge in [-0.15, -0.1) is 0 Å². The Bertz CT molecular complexity index is 751. The molecule has 126 valence electrons. The van der Waals surface area contributed by atoms with Crippen molar-refractivity contribution < 1.29 is 13.9 Å². The maximum Gasteiger partial charge on any atom is 0.254 e. The number of amides is 1. The summed E-state index contributed by atoms with van der Waals surface area (Å²) in [4.78, 5) is 18.3. The van der Waals surface area contributed by atoms with Gasteiger partial charge in [-0.3, -0.25) is 4.79 Å². The van der Waals surface area contributed by atoms with Crippen LogP contribution in [0.3, 0.4) is 0 Å². The second-order valence-corrected chi connectivity index (χ2v) is 5.93. The zero-order valence-corrected chi connectivity index (χ0v) is 13.5. The van der Waals surface area contributed by atoms with Gasteiger partial charge in [0.05, 0.1) is 6.54 Å². The number of nitrogens with zero attached hydrogens (tertiary/aromatic N) is 2. The van der Waals surface area contributed by atoms with E-state index in [1.165, 1.54) is 4.90 Å². The number of aromatic nitrogens is 1. The first-order valence-electron chi connectivity index (χ1n) is 7.94. The van der Waals surface area contributed by atoms with Gasteiger partial charge < -0.3 is 15.4 Å². The number of hydrogen-bond acceptors (Lipinski definition) is 4. The molecule has 1 amide bonds. The van der Waals surface area contributed by atoms with Crippen LogP contribution in [0.15, 0.2) is 36.4 Å². The first kappa shape index (κ1) is 16.4. The average Bonchev–Trinajstić information content (AvgIpc) is 3.00. The molecule has 0 saturated carbocycles. The van der Waals surface area contributed by atoms with E-state index in [0.29, 0.717) is 36.7 Å². The zero-order chi connectivity index (χ0) is 17.1. The molecule has 0 unspecified atom stereocenters. The molecule has 1 aliphatic rings. The van der Waals surface area contributed by atoms with Crippen molar-refractivity contribution in [1.29, 1.82) is 0 Å². The van der Waals surface area contributed by atoms with E-state index >= 15 is 0 Å². The van der Waals surface area contributed by atoms with Gasteiger partial charge in [0.25, 0.3) is 5.91 Å². The van der Waals surface area contributed by atoms with Crippen LogP contribution in [0.25, 0.3) is 0 Å². The minimum absolute atomic E-state index is 0.156. The van der Waals surface area contributed by atoms with Gasteiger partial charge in [0.15, 0.2) is 0 Å². The molecule has 2 aromatic rings. The molecular formula is C18H20FN3O2. The van der Waals surface area contributed by atoms with Crippen LogP contribution in [-0.2, 0) is 6.54 Å². The zero-order valence-electron chi connectivity index (χ0n) is 13.5. The fraction of sp³-hybridized carbons (Fsp3) is 0.333. The standard InChI is InChI=1S/C18H20FN3O2/c1-12-7-13(10-20)8-17(21-12)24-16-4-2-3-14(9-16)18(23)22-6-5-15(19)11-22/h2-4,7-9,15H,5-6,10-11,20H2,1H3/t15-/m1/s1. The lowest BCUT2D eigenvalue weighted by Gasteiger charge is -2.15. The third kappa shape index (κ3) is 3.71. The van der Waals surface area contributed by atoms with Gasteiger partial charge in [0.1, 0.15) is 11.9 Å². The van der Waals surface area contributed by atoms with E-state index in [9.17, 15) is 9.18 Å². The summed E-state index contributed by atoms with van der Waals surface area (Å²) in [6.45, 7) is 2.87. The lowest BCUT2D eigenvalue weighted by Crippen LogP contribution is -2.28. The van der Waals surface area contributed by atoms with Crippen LogP contribution < -0.4 is 10.5 Å². The Labute approximate surface area is 140 Å². The van der Waals surface area contributed by atoms with Crippen molar-refractivity contribution in [2.75, 3.05) is 13.1 Å². The Morgan fingerprint density at radius 3 is 2.96 bits per heavy atom. The van der Waals surface area contributed by atoms with Crippen LogP contribution in [0, 0.1) is 6.92 Å². The first-order chi connectivity index (χ1) is 11.5. The van der Waals surface area contributed by atoms with Crippen molar-refractivity contribution in [3.05, 3.63) is 53.2 Å². The summed E-state index contributed by atoms with van der Waals surface area (Å²) in [6, 6.07) is 10.5. The van der Waals surface area contributed by atoms with E-state index in [1.54, 1.807) is 30.3 Å². The lowest BCUT2D eigenvalue weighted by molar-refractivity contribution is 0.0782. The number of pyridine rings is 1. The summed E-state index contributed by atoms with van der Waals surface area (Å²) in [5, 5.41) is 0. The molecule has 24 heavy (non-hydrogen) atoms. The number of nitrogens with two attached hydrogens (primary N) is 1. The predicted octanol–water partition coefficient (Wildman–Crippen LogP) is 2.83. The third-order valence-electron chi connectivity index (χ3n) is 3.95. The summed E-state index contributed by atoms with van der Waals surface area (Å²) in [7, 11) is 0. The number of carbonyl (C=O) groups is 1. The number of carbonyl (C=O) groups excluding carboxylic acids is 1. The molecule has 1 aliphatic heterocycles. The number of rotatable bonds is 4. The van der Waals surface area contributed by atoms with E-state index < -0.39 is 6.17 Å². The summed E-state index contributed by atoms with van der Waals surface area (Å²) < 4.78 is 19.1. The molecular weight excluding hydrogens is 309 g/mol. The highest BCUT2D eigenvalue weighted by atomic mass is 19.1. The van der Waals surface area contributed by atoms with E-state index in [4.69, 9.17) is 10.5 Å². The highest BCUT2D eigenvalue weighted by molar-refractivity contribution is 5.94. The van der Waals surface area contributed by atoms with E-state index in [-0.39, 0.29) is 12.5 Å². The van der Waals surface area contributed by atoms with E-state index in [0.717, 1.165) is 11.3 Å². The smallest absolute Gasteiger partial charge is 0.254 e. The Balaban J connectivity index is 1.78. The van der Waals surface area contributed by atoms with Crippen molar-refractivity contribution in [3.8, 4) is 11.6 Å². The van der Waals surface area contributed by atoms with Crippen LogP contribution in [0.2, 0.25) is 0 Å². The summed E-state index contributed by atoms with van der Waals surface area (Å²) in [5.41, 5.74) is 7.88. The number of halogens is 1. The van der Waals surface area contributed by atoms with Gasteiger partial charge in [-0.25, -0.2) is 9.37 Å². The number of ether oxygens (including phenoxy) is 1. The Kier molecular flexibility index (Phi) is 4.76. The third-order valence-corrected chi connectivity index (χ3v) is 3.95. The second kappa shape index (κ2) is 6.97. The number of likely N-dealkylation sites (tertiary alicyclic amines) is 1. The fourth-order valence-electron chi connectivity index (χ4n) is 2.78. The minimum Gasteiger partial charge on any atom is -0.439 e. The van der Waals surface area contributed by atoms with Crippen molar-refractivity contribution >= 4 is 5.91 Å². The average molecular weight is 329 g/mol. The second-order valence-electron chi connectivity index (χ2n) is 5.93. The number of alkyl halides is 1. The molecule has 1 saturated heterocycles. The number of aryl methyl sites for hydroxylation is 1. The maximum atomic E-state index is 13.3. The Morgan fingerprint density at radius 1 is 1.42 bits per heavy atom. The maximum absolute atomic E-state index is 13.3. The van der Waals surface area contributed by atoms with Gasteiger partial charge in [0, 0.05) is 30.4 Å². The van der Waals surface area contributed by atoms with Gasteiger partial charge in [-0.2, -0.15) is 0 Å². The SMILES string of the molecule is Cc1cc(CN)cc(Oc2cccc(C(=O)N3CC[C@@H](F)C3)c2)n1. The molecule has 1 aromatic carbocycles. The van der Waals surface area contributed by atoms with Crippen LogP contribution in [0.4, 0.5) is 4.39 Å². The molecule has 3 rings (SSSR count). The molecule has 1 aromatic heterocycles. The quantitative estimate of drug-likeness (QED) is 0.936. The van der Waals surface area contributed by atoms with Crippen molar-refractivity contribution in [2.24, 2.45) is 5.73 Å². The molecule has 0 aliphatic carbocycles. The molecule has 0 spiro atoms. The molecule has 2 heterocycles. The summed E-state index contributed by atoms with van der Waals surface area (Å²) in [5.74, 6) is 0.767. The Hall–Kier alpha value is -2.47. The van der Waals surface area contributed by atoms with Crippen LogP contribution in [-0.4, -0.2) is 35.1 Å². The monoisotopic (exact) mass is 329 g/mol. The van der Waals surface area contributed by atoms with E-state index in [1.807, 2.05) is 13.0 Å².